The molecule has 7 heteroatoms. The Morgan fingerprint density at radius 1 is 1.00 bits per heavy atom. The molecule has 2 aromatic carbocycles. The molecular weight excluding hydrogens is 466 g/mol. The largest absolute Gasteiger partial charge is 0.497 e. The predicted octanol–water partition coefficient (Wildman–Crippen LogP) is 4.12. The highest BCUT2D eigenvalue weighted by atomic mass is 16.6. The Bertz CT molecular complexity index is 1650. The zero-order valence-corrected chi connectivity index (χ0v) is 21.7. The molecule has 0 saturated carbocycles. The van der Waals surface area contributed by atoms with E-state index in [1.165, 1.54) is 0 Å². The molecular formula is C30H31N3O4. The summed E-state index contributed by atoms with van der Waals surface area (Å²) in [6.45, 7) is 5.56. The number of aryl methyl sites for hydroxylation is 2. The summed E-state index contributed by atoms with van der Waals surface area (Å²) in [4.78, 5) is 31.5. The van der Waals surface area contributed by atoms with Gasteiger partial charge in [-0.25, -0.2) is 9.78 Å². The summed E-state index contributed by atoms with van der Waals surface area (Å²) in [6.07, 6.45) is 8.25. The van der Waals surface area contributed by atoms with Crippen LogP contribution in [0.1, 0.15) is 45.0 Å². The van der Waals surface area contributed by atoms with Crippen molar-refractivity contribution in [1.29, 1.82) is 0 Å². The maximum Gasteiger partial charge on any atom is 0.419 e. The van der Waals surface area contributed by atoms with Crippen LogP contribution in [0.15, 0.2) is 59.5 Å². The van der Waals surface area contributed by atoms with Gasteiger partial charge in [-0.3, -0.25) is 13.9 Å². The van der Waals surface area contributed by atoms with Crippen LogP contribution in [-0.4, -0.2) is 32.9 Å². The zero-order valence-electron chi connectivity index (χ0n) is 21.7. The molecule has 0 fully saturated rings. The molecule has 2 heterocycles. The van der Waals surface area contributed by atoms with E-state index in [0.717, 1.165) is 46.1 Å². The summed E-state index contributed by atoms with van der Waals surface area (Å²) in [7, 11) is 1.62. The van der Waals surface area contributed by atoms with Crippen LogP contribution in [0, 0.1) is 0 Å². The van der Waals surface area contributed by atoms with Gasteiger partial charge in [0.15, 0.2) is 0 Å². The first kappa shape index (κ1) is 24.6. The fourth-order valence-corrected chi connectivity index (χ4v) is 4.71. The molecule has 0 atom stereocenters. The number of fused-ring (bicyclic) bond motifs is 2. The molecule has 7 nitrogen and oxygen atoms in total. The number of benzene rings is 2. The van der Waals surface area contributed by atoms with Crippen LogP contribution in [-0.2, 0) is 17.6 Å². The van der Waals surface area contributed by atoms with Crippen molar-refractivity contribution in [3.8, 4) is 11.4 Å². The topological polar surface area (TPSA) is 75.3 Å². The molecule has 0 amide bonds. The highest BCUT2D eigenvalue weighted by Crippen LogP contribution is 2.24. The van der Waals surface area contributed by atoms with E-state index in [4.69, 9.17) is 14.5 Å². The third-order valence-corrected chi connectivity index (χ3v) is 6.40. The fraction of sp³-hybridized carbons (Fsp3) is 0.300. The van der Waals surface area contributed by atoms with Crippen LogP contribution in [0.25, 0.3) is 28.7 Å². The summed E-state index contributed by atoms with van der Waals surface area (Å²) >= 11 is 0. The Hall–Kier alpha value is -4.13. The molecule has 0 spiro atoms. The summed E-state index contributed by atoms with van der Waals surface area (Å²) in [5, 5.41) is 2.36. The highest BCUT2D eigenvalue weighted by molar-refractivity contribution is 5.92. The lowest BCUT2D eigenvalue weighted by Crippen LogP contribution is -2.48. The van der Waals surface area contributed by atoms with E-state index in [0.29, 0.717) is 23.9 Å². The Morgan fingerprint density at radius 3 is 2.46 bits per heavy atom. The van der Waals surface area contributed by atoms with Gasteiger partial charge in [0.2, 0.25) is 0 Å². The van der Waals surface area contributed by atoms with Crippen molar-refractivity contribution in [2.24, 2.45) is 0 Å². The Kier molecular flexibility index (Phi) is 6.46. The number of carbonyl (C=O) groups excluding carboxylic acids is 1. The number of aromatic nitrogens is 3. The van der Waals surface area contributed by atoms with E-state index >= 15 is 0 Å². The SMILES string of the molecule is COc1ccc(-n2c(CCc3cn(C(=O)OC(C)(C)C)c4ccccc34)nc3c(c2=O)=CCCC=3)cc1. The van der Waals surface area contributed by atoms with Crippen molar-refractivity contribution < 1.29 is 14.3 Å². The molecule has 1 aliphatic carbocycles. The van der Waals surface area contributed by atoms with Gasteiger partial charge in [0, 0.05) is 18.0 Å². The number of carbonyl (C=O) groups is 1. The maximum atomic E-state index is 13.6. The average molecular weight is 498 g/mol. The number of para-hydroxylation sites is 1. The normalized spacial score (nSPS) is 13.0. The second-order valence-electron chi connectivity index (χ2n) is 10.2. The molecule has 4 aromatic rings. The molecule has 1 aliphatic rings. The molecule has 2 aromatic heterocycles. The Labute approximate surface area is 215 Å². The average Bonchev–Trinajstić information content (AvgIpc) is 3.26. The number of ether oxygens (including phenoxy) is 2. The monoisotopic (exact) mass is 497 g/mol. The van der Waals surface area contributed by atoms with Crippen LogP contribution in [0.3, 0.4) is 0 Å². The van der Waals surface area contributed by atoms with E-state index < -0.39 is 11.7 Å². The number of hydrogen-bond acceptors (Lipinski definition) is 5. The minimum Gasteiger partial charge on any atom is -0.497 e. The van der Waals surface area contributed by atoms with E-state index in [1.807, 2.05) is 87.7 Å². The molecule has 5 rings (SSSR count). The third-order valence-electron chi connectivity index (χ3n) is 6.40. The molecule has 0 N–H and O–H groups in total. The second kappa shape index (κ2) is 9.73. The molecule has 0 unspecified atom stereocenters. The van der Waals surface area contributed by atoms with Crippen molar-refractivity contribution in [2.45, 2.75) is 52.1 Å². The predicted molar refractivity (Wildman–Crippen MR) is 145 cm³/mol. The van der Waals surface area contributed by atoms with Crippen molar-refractivity contribution in [2.75, 3.05) is 7.11 Å². The van der Waals surface area contributed by atoms with E-state index in [-0.39, 0.29) is 5.56 Å². The van der Waals surface area contributed by atoms with Crippen molar-refractivity contribution >= 4 is 29.1 Å². The lowest BCUT2D eigenvalue weighted by Gasteiger charge is -2.19. The van der Waals surface area contributed by atoms with Gasteiger partial charge >= 0.3 is 6.09 Å². The summed E-state index contributed by atoms with van der Waals surface area (Å²) in [6, 6.07) is 15.2. The maximum absolute atomic E-state index is 13.6. The quantitative estimate of drug-likeness (QED) is 0.415. The van der Waals surface area contributed by atoms with E-state index in [2.05, 4.69) is 0 Å². The van der Waals surface area contributed by atoms with Gasteiger partial charge in [-0.05, 0) is 75.9 Å². The van der Waals surface area contributed by atoms with Gasteiger partial charge < -0.3 is 9.47 Å². The molecule has 0 bridgehead atoms. The number of hydrogen-bond donors (Lipinski definition) is 0. The van der Waals surface area contributed by atoms with Gasteiger partial charge in [-0.2, -0.15) is 0 Å². The van der Waals surface area contributed by atoms with E-state index in [9.17, 15) is 9.59 Å². The number of methoxy groups -OCH3 is 1. The second-order valence-corrected chi connectivity index (χ2v) is 10.2. The van der Waals surface area contributed by atoms with Gasteiger partial charge in [0.05, 0.1) is 28.9 Å². The summed E-state index contributed by atoms with van der Waals surface area (Å²) in [5.74, 6) is 1.40. The van der Waals surface area contributed by atoms with Crippen LogP contribution in [0.5, 0.6) is 5.75 Å². The van der Waals surface area contributed by atoms with Crippen LogP contribution >= 0.6 is 0 Å². The van der Waals surface area contributed by atoms with E-state index in [1.54, 1.807) is 16.2 Å². The van der Waals surface area contributed by atoms with Crippen molar-refractivity contribution in [1.82, 2.24) is 14.1 Å². The Morgan fingerprint density at radius 2 is 1.73 bits per heavy atom. The Balaban J connectivity index is 1.57. The molecule has 190 valence electrons. The number of nitrogens with zero attached hydrogens (tertiary/aromatic N) is 3. The molecule has 37 heavy (non-hydrogen) atoms. The van der Waals surface area contributed by atoms with Gasteiger partial charge in [-0.1, -0.05) is 30.4 Å². The molecule has 0 saturated heterocycles. The summed E-state index contributed by atoms with van der Waals surface area (Å²) < 4.78 is 14.2. The van der Waals surface area contributed by atoms with Crippen LogP contribution in [0.4, 0.5) is 4.79 Å². The minimum atomic E-state index is -0.600. The standard InChI is InChI=1S/C30H31N3O4/c1-30(2,3)37-29(35)32-19-20(23-9-6-8-12-26(23)32)13-18-27-31-25-11-7-5-10-24(25)28(34)33(27)21-14-16-22(36-4)17-15-21/h6,8-12,14-17,19H,5,7,13,18H2,1-4H3. The van der Waals surface area contributed by atoms with Crippen LogP contribution < -0.4 is 20.9 Å². The highest BCUT2D eigenvalue weighted by Gasteiger charge is 2.21. The van der Waals surface area contributed by atoms with Crippen molar-refractivity contribution in [3.05, 3.63) is 87.0 Å². The van der Waals surface area contributed by atoms with Crippen molar-refractivity contribution in [3.63, 3.8) is 0 Å². The summed E-state index contributed by atoms with van der Waals surface area (Å²) in [5.41, 5.74) is 1.85. The first-order valence-electron chi connectivity index (χ1n) is 12.5. The lowest BCUT2D eigenvalue weighted by atomic mass is 10.1. The minimum absolute atomic E-state index is 0.0719. The third kappa shape index (κ3) is 4.94. The molecule has 0 aliphatic heterocycles. The first-order chi connectivity index (χ1) is 17.7. The fourth-order valence-electron chi connectivity index (χ4n) is 4.71. The number of rotatable bonds is 5. The zero-order chi connectivity index (χ0) is 26.2. The smallest absolute Gasteiger partial charge is 0.419 e. The van der Waals surface area contributed by atoms with Crippen LogP contribution in [0.2, 0.25) is 0 Å². The molecule has 0 radical (unpaired) electrons. The lowest BCUT2D eigenvalue weighted by molar-refractivity contribution is 0.0544. The van der Waals surface area contributed by atoms with Gasteiger partial charge in [0.25, 0.3) is 5.56 Å². The first-order valence-corrected chi connectivity index (χ1v) is 12.5. The van der Waals surface area contributed by atoms with Gasteiger partial charge in [-0.15, -0.1) is 0 Å². The van der Waals surface area contributed by atoms with Gasteiger partial charge in [0.1, 0.15) is 17.2 Å².